The molecular weight excluding hydrogens is 397 g/mol. The van der Waals surface area contributed by atoms with E-state index in [4.69, 9.17) is 21.1 Å². The van der Waals surface area contributed by atoms with Crippen LogP contribution in [0.25, 0.3) is 0 Å². The molecule has 2 rings (SSSR count). The Morgan fingerprint density at radius 1 is 1.14 bits per heavy atom. The topological polar surface area (TPSA) is 60.5 Å². The average Bonchev–Trinajstić information content (AvgIpc) is 2.55. The van der Waals surface area contributed by atoms with Crippen molar-refractivity contribution in [3.63, 3.8) is 0 Å². The van der Waals surface area contributed by atoms with Crippen molar-refractivity contribution < 1.29 is 27.4 Å². The largest absolute Gasteiger partial charge is 0.456 e. The molecule has 1 aromatic carbocycles. The van der Waals surface area contributed by atoms with Gasteiger partial charge >= 0.3 is 12.3 Å². The summed E-state index contributed by atoms with van der Waals surface area (Å²) in [7, 11) is 0. The van der Waals surface area contributed by atoms with Gasteiger partial charge in [-0.25, -0.2) is 4.79 Å². The first-order valence-corrected chi connectivity index (χ1v) is 8.79. The Balaban J connectivity index is 1.94. The van der Waals surface area contributed by atoms with Crippen LogP contribution in [0.3, 0.4) is 0 Å². The van der Waals surface area contributed by atoms with Crippen molar-refractivity contribution in [2.45, 2.75) is 39.0 Å². The monoisotopic (exact) mass is 416 g/mol. The van der Waals surface area contributed by atoms with E-state index < -0.39 is 28.6 Å². The zero-order valence-electron chi connectivity index (χ0n) is 15.6. The molecule has 0 saturated carbocycles. The van der Waals surface area contributed by atoms with Crippen molar-refractivity contribution in [3.8, 4) is 11.5 Å². The molecule has 1 heterocycles. The number of halogens is 4. The van der Waals surface area contributed by atoms with Crippen LogP contribution in [0.2, 0.25) is 5.02 Å². The van der Waals surface area contributed by atoms with E-state index >= 15 is 0 Å². The van der Waals surface area contributed by atoms with E-state index in [0.29, 0.717) is 18.7 Å². The number of amides is 1. The number of rotatable bonds is 5. The Morgan fingerprint density at radius 2 is 1.79 bits per heavy atom. The minimum atomic E-state index is -4.67. The van der Waals surface area contributed by atoms with Crippen molar-refractivity contribution in [2.75, 3.05) is 6.54 Å². The standard InChI is InChI=1S/C19H20ClF3N2O3/c1-18(2,3)28-17(26)25-10-8-12-4-6-13(7-5-12)27-14-9-11-24-16(15(14)20)19(21,22)23/h4-7,9,11H,8,10H2,1-3H3,(H,25,26). The number of pyridine rings is 1. The van der Waals surface area contributed by atoms with Gasteiger partial charge in [0.2, 0.25) is 0 Å². The maximum absolute atomic E-state index is 12.8. The lowest BCUT2D eigenvalue weighted by Crippen LogP contribution is -2.33. The van der Waals surface area contributed by atoms with Gasteiger partial charge in [-0.1, -0.05) is 23.7 Å². The smallest absolute Gasteiger partial charge is 0.434 e. The number of alkyl halides is 3. The van der Waals surface area contributed by atoms with Crippen LogP contribution >= 0.6 is 11.6 Å². The molecule has 9 heteroatoms. The van der Waals surface area contributed by atoms with Crippen LogP contribution in [0.5, 0.6) is 11.5 Å². The summed E-state index contributed by atoms with van der Waals surface area (Å²) >= 11 is 5.76. The predicted octanol–water partition coefficient (Wildman–Crippen LogP) is 5.61. The molecule has 0 spiro atoms. The Bertz CT molecular complexity index is 819. The van der Waals surface area contributed by atoms with Gasteiger partial charge in [-0.15, -0.1) is 0 Å². The zero-order valence-corrected chi connectivity index (χ0v) is 16.3. The number of benzene rings is 1. The molecule has 0 aliphatic carbocycles. The van der Waals surface area contributed by atoms with Crippen LogP contribution in [0, 0.1) is 0 Å². The molecule has 152 valence electrons. The van der Waals surface area contributed by atoms with E-state index in [-0.39, 0.29) is 5.75 Å². The van der Waals surface area contributed by atoms with Gasteiger partial charge in [0.15, 0.2) is 5.69 Å². The summed E-state index contributed by atoms with van der Waals surface area (Å²) in [6.45, 7) is 5.70. The first kappa shape index (κ1) is 21.8. The SMILES string of the molecule is CC(C)(C)OC(=O)NCCc1ccc(Oc2ccnc(C(F)(F)F)c2Cl)cc1. The number of nitrogens with zero attached hydrogens (tertiary/aromatic N) is 1. The summed E-state index contributed by atoms with van der Waals surface area (Å²) in [6, 6.07) is 7.95. The molecule has 0 bridgehead atoms. The minimum Gasteiger partial charge on any atom is -0.456 e. The fourth-order valence-corrected chi connectivity index (χ4v) is 2.43. The van der Waals surface area contributed by atoms with Gasteiger partial charge in [0.25, 0.3) is 0 Å². The number of ether oxygens (including phenoxy) is 2. The summed E-state index contributed by atoms with van der Waals surface area (Å²) in [5, 5.41) is 2.05. The lowest BCUT2D eigenvalue weighted by Gasteiger charge is -2.19. The molecular formula is C19H20ClF3N2O3. The highest BCUT2D eigenvalue weighted by Crippen LogP contribution is 2.39. The first-order chi connectivity index (χ1) is 13.0. The number of aromatic nitrogens is 1. The van der Waals surface area contributed by atoms with Crippen molar-refractivity contribution >= 4 is 17.7 Å². The quantitative estimate of drug-likeness (QED) is 0.687. The highest BCUT2D eigenvalue weighted by molar-refractivity contribution is 6.32. The summed E-state index contributed by atoms with van der Waals surface area (Å²) in [5.74, 6) is 0.188. The molecule has 28 heavy (non-hydrogen) atoms. The fraction of sp³-hybridized carbons (Fsp3) is 0.368. The van der Waals surface area contributed by atoms with Crippen molar-refractivity contribution in [1.82, 2.24) is 10.3 Å². The second kappa shape index (κ2) is 8.68. The predicted molar refractivity (Wildman–Crippen MR) is 98.7 cm³/mol. The van der Waals surface area contributed by atoms with Gasteiger partial charge in [-0.3, -0.25) is 4.98 Å². The number of hydrogen-bond acceptors (Lipinski definition) is 4. The minimum absolute atomic E-state index is 0.136. The maximum atomic E-state index is 12.8. The van der Waals surface area contributed by atoms with Crippen molar-refractivity contribution in [3.05, 3.63) is 52.8 Å². The second-order valence-electron chi connectivity index (χ2n) is 6.89. The van der Waals surface area contributed by atoms with Gasteiger partial charge in [0, 0.05) is 18.8 Å². The van der Waals surface area contributed by atoms with Crippen LogP contribution in [-0.2, 0) is 17.3 Å². The van der Waals surface area contributed by atoms with Crippen LogP contribution in [0.15, 0.2) is 36.5 Å². The molecule has 0 radical (unpaired) electrons. The number of alkyl carbamates (subject to hydrolysis) is 1. The summed E-state index contributed by atoms with van der Waals surface area (Å²) in [5.41, 5.74) is -0.861. The summed E-state index contributed by atoms with van der Waals surface area (Å²) < 4.78 is 49.1. The van der Waals surface area contributed by atoms with E-state index in [2.05, 4.69) is 10.3 Å². The number of nitrogens with one attached hydrogen (secondary N) is 1. The van der Waals surface area contributed by atoms with E-state index in [1.807, 2.05) is 0 Å². The molecule has 2 aromatic rings. The molecule has 0 fully saturated rings. The molecule has 5 nitrogen and oxygen atoms in total. The summed E-state index contributed by atoms with van der Waals surface area (Å²) in [6.07, 6.45) is -3.63. The Labute approximate surface area is 165 Å². The van der Waals surface area contributed by atoms with E-state index in [9.17, 15) is 18.0 Å². The van der Waals surface area contributed by atoms with Gasteiger partial charge in [0.05, 0.1) is 0 Å². The summed E-state index contributed by atoms with van der Waals surface area (Å²) in [4.78, 5) is 14.8. The molecule has 1 aromatic heterocycles. The van der Waals surface area contributed by atoms with Crippen LogP contribution in [0.4, 0.5) is 18.0 Å². The number of carbonyl (C=O) groups excluding carboxylic acids is 1. The third-order valence-corrected chi connectivity index (χ3v) is 3.72. The zero-order chi connectivity index (χ0) is 20.9. The van der Waals surface area contributed by atoms with Crippen LogP contribution < -0.4 is 10.1 Å². The molecule has 0 atom stereocenters. The van der Waals surface area contributed by atoms with E-state index in [0.717, 1.165) is 11.8 Å². The molecule has 0 saturated heterocycles. The first-order valence-electron chi connectivity index (χ1n) is 8.41. The highest BCUT2D eigenvalue weighted by atomic mass is 35.5. The van der Waals surface area contributed by atoms with Crippen LogP contribution in [0.1, 0.15) is 32.0 Å². The van der Waals surface area contributed by atoms with Crippen molar-refractivity contribution in [1.29, 1.82) is 0 Å². The van der Waals surface area contributed by atoms with Crippen LogP contribution in [-0.4, -0.2) is 23.2 Å². The lowest BCUT2D eigenvalue weighted by molar-refractivity contribution is -0.141. The third kappa shape index (κ3) is 6.60. The van der Waals surface area contributed by atoms with E-state index in [1.54, 1.807) is 45.0 Å². The Hall–Kier alpha value is -2.48. The highest BCUT2D eigenvalue weighted by Gasteiger charge is 2.36. The number of hydrogen-bond donors (Lipinski definition) is 1. The van der Waals surface area contributed by atoms with Gasteiger partial charge in [-0.05, 0) is 44.9 Å². The average molecular weight is 417 g/mol. The Morgan fingerprint density at radius 3 is 2.36 bits per heavy atom. The molecule has 0 unspecified atom stereocenters. The molecule has 1 amide bonds. The van der Waals surface area contributed by atoms with Gasteiger partial charge in [-0.2, -0.15) is 13.2 Å². The van der Waals surface area contributed by atoms with E-state index in [1.165, 1.54) is 6.07 Å². The van der Waals surface area contributed by atoms with Crippen molar-refractivity contribution in [2.24, 2.45) is 0 Å². The molecule has 0 aliphatic rings. The third-order valence-electron chi connectivity index (χ3n) is 3.36. The number of carbonyl (C=O) groups is 1. The Kier molecular flexibility index (Phi) is 6.77. The maximum Gasteiger partial charge on any atom is 0.434 e. The normalized spacial score (nSPS) is 11.8. The second-order valence-corrected chi connectivity index (χ2v) is 7.27. The van der Waals surface area contributed by atoms with Gasteiger partial charge < -0.3 is 14.8 Å². The van der Waals surface area contributed by atoms with Gasteiger partial charge in [0.1, 0.15) is 22.1 Å². The fourth-order valence-electron chi connectivity index (χ4n) is 2.18. The molecule has 0 aliphatic heterocycles. The lowest BCUT2D eigenvalue weighted by atomic mass is 10.1. The molecule has 1 N–H and O–H groups in total.